The van der Waals surface area contributed by atoms with E-state index in [0.29, 0.717) is 5.92 Å². The molecule has 3 aliphatic carbocycles. The maximum Gasteiger partial charge on any atom is 0.255 e. The molecule has 4 rings (SSSR count). The molecule has 2 bridgehead atoms. The molecule has 3 saturated carbocycles. The van der Waals surface area contributed by atoms with Crippen LogP contribution in [0.4, 0.5) is 0 Å². The zero-order valence-electron chi connectivity index (χ0n) is 16.7. The number of hydrazone groups is 1. The predicted octanol–water partition coefficient (Wildman–Crippen LogP) is 2.55. The number of pyridine rings is 1. The molecule has 1 amide bonds. The van der Waals surface area contributed by atoms with Gasteiger partial charge in [-0.05, 0) is 55.6 Å². The minimum absolute atomic E-state index is 0.00289. The summed E-state index contributed by atoms with van der Waals surface area (Å²) in [6.07, 6.45) is 7.59. The first-order chi connectivity index (χ1) is 13.2. The zero-order valence-corrected chi connectivity index (χ0v) is 17.5. The first-order valence-electron chi connectivity index (χ1n) is 9.94. The van der Waals surface area contributed by atoms with Crippen LogP contribution < -0.4 is 5.43 Å². The van der Waals surface area contributed by atoms with E-state index in [-0.39, 0.29) is 28.3 Å². The van der Waals surface area contributed by atoms with E-state index in [1.54, 1.807) is 6.07 Å². The van der Waals surface area contributed by atoms with Gasteiger partial charge in [0, 0.05) is 29.6 Å². The molecule has 0 spiro atoms. The number of rotatable bonds is 6. The van der Waals surface area contributed by atoms with Crippen molar-refractivity contribution in [3.8, 4) is 0 Å². The maximum absolute atomic E-state index is 12.9. The quantitative estimate of drug-likeness (QED) is 0.738. The molecule has 0 aliphatic heterocycles. The van der Waals surface area contributed by atoms with Crippen LogP contribution in [0.3, 0.4) is 0 Å². The molecule has 1 aromatic heterocycles. The highest BCUT2D eigenvalue weighted by Gasteiger charge is 2.60. The largest absolute Gasteiger partial charge is 0.272 e. The van der Waals surface area contributed by atoms with Gasteiger partial charge in [-0.1, -0.05) is 20.8 Å². The lowest BCUT2D eigenvalue weighted by molar-refractivity contribution is -0.121. The monoisotopic (exact) mass is 404 g/mol. The van der Waals surface area contributed by atoms with E-state index >= 15 is 0 Å². The van der Waals surface area contributed by atoms with Gasteiger partial charge in [-0.3, -0.25) is 9.78 Å². The van der Waals surface area contributed by atoms with Gasteiger partial charge in [0.15, 0.2) is 0 Å². The maximum atomic E-state index is 12.9. The van der Waals surface area contributed by atoms with Gasteiger partial charge in [-0.15, -0.1) is 0 Å². The number of sulfonamides is 1. The Morgan fingerprint density at radius 3 is 2.61 bits per heavy atom. The number of hydrogen-bond acceptors (Lipinski definition) is 5. The Bertz CT molecular complexity index is 909. The Morgan fingerprint density at radius 2 is 2.07 bits per heavy atom. The van der Waals surface area contributed by atoms with E-state index < -0.39 is 15.9 Å². The molecule has 28 heavy (non-hydrogen) atoms. The minimum Gasteiger partial charge on any atom is -0.272 e. The third-order valence-corrected chi connectivity index (χ3v) is 9.20. The number of amides is 1. The van der Waals surface area contributed by atoms with Crippen LogP contribution >= 0.6 is 0 Å². The number of carbonyl (C=O) groups is 1. The summed E-state index contributed by atoms with van der Waals surface area (Å²) >= 11 is 0. The molecule has 3 fully saturated rings. The fourth-order valence-electron chi connectivity index (χ4n) is 4.81. The highest BCUT2D eigenvalue weighted by atomic mass is 32.2. The topological polar surface area (TPSA) is 91.7 Å². The third-order valence-electron chi connectivity index (χ3n) is 7.32. The fourth-order valence-corrected chi connectivity index (χ4v) is 6.42. The average molecular weight is 405 g/mol. The predicted molar refractivity (Wildman–Crippen MR) is 106 cm³/mol. The van der Waals surface area contributed by atoms with E-state index in [1.807, 2.05) is 0 Å². The molecule has 0 aromatic carbocycles. The Hall–Kier alpha value is -1.80. The molecule has 7 nitrogen and oxygen atoms in total. The first-order valence-corrected chi connectivity index (χ1v) is 11.4. The van der Waals surface area contributed by atoms with Crippen molar-refractivity contribution in [2.75, 3.05) is 6.54 Å². The van der Waals surface area contributed by atoms with Crippen molar-refractivity contribution >= 4 is 21.6 Å². The molecule has 1 N–H and O–H groups in total. The van der Waals surface area contributed by atoms with Gasteiger partial charge in [-0.2, -0.15) is 9.41 Å². The van der Waals surface area contributed by atoms with Crippen molar-refractivity contribution in [2.24, 2.45) is 21.8 Å². The minimum atomic E-state index is -3.75. The lowest BCUT2D eigenvalue weighted by Gasteiger charge is -2.34. The SMILES string of the molecule is CC12CCC(C/C1=N/NC(=O)CN(C1CC1)S(=O)(=O)c1cccnc1)C2(C)C. The number of carbonyl (C=O) groups excluding carboxylic acids is 1. The Morgan fingerprint density at radius 1 is 1.32 bits per heavy atom. The first kappa shape index (κ1) is 19.5. The summed E-state index contributed by atoms with van der Waals surface area (Å²) < 4.78 is 27.1. The van der Waals surface area contributed by atoms with E-state index in [0.717, 1.165) is 31.4 Å². The van der Waals surface area contributed by atoms with Gasteiger partial charge in [0.25, 0.3) is 5.91 Å². The van der Waals surface area contributed by atoms with Gasteiger partial charge >= 0.3 is 0 Å². The van der Waals surface area contributed by atoms with Crippen molar-refractivity contribution in [1.29, 1.82) is 0 Å². The molecular formula is C20H28N4O3S. The van der Waals surface area contributed by atoms with Gasteiger partial charge in [0.05, 0.1) is 6.54 Å². The van der Waals surface area contributed by atoms with Crippen LogP contribution in [-0.4, -0.2) is 41.9 Å². The molecule has 2 unspecified atom stereocenters. The molecule has 152 valence electrons. The summed E-state index contributed by atoms with van der Waals surface area (Å²) in [6, 6.07) is 2.97. The van der Waals surface area contributed by atoms with Crippen LogP contribution in [0.1, 0.15) is 52.9 Å². The van der Waals surface area contributed by atoms with Crippen molar-refractivity contribution < 1.29 is 13.2 Å². The van der Waals surface area contributed by atoms with E-state index in [2.05, 4.69) is 36.3 Å². The summed E-state index contributed by atoms with van der Waals surface area (Å²) in [4.78, 5) is 16.6. The van der Waals surface area contributed by atoms with Gasteiger partial charge in [-0.25, -0.2) is 13.8 Å². The smallest absolute Gasteiger partial charge is 0.255 e. The van der Waals surface area contributed by atoms with Crippen LogP contribution in [0.15, 0.2) is 34.5 Å². The lowest BCUT2D eigenvalue weighted by atomic mass is 9.70. The fraction of sp³-hybridized carbons (Fsp3) is 0.650. The summed E-state index contributed by atoms with van der Waals surface area (Å²) in [6.45, 7) is 6.57. The van der Waals surface area contributed by atoms with Crippen molar-refractivity contribution in [2.45, 2.75) is 63.8 Å². The number of hydrogen-bond donors (Lipinski definition) is 1. The molecule has 8 heteroatoms. The van der Waals surface area contributed by atoms with Crippen LogP contribution in [0.5, 0.6) is 0 Å². The number of fused-ring (bicyclic) bond motifs is 2. The van der Waals surface area contributed by atoms with E-state index in [9.17, 15) is 13.2 Å². The molecule has 1 heterocycles. The molecule has 3 aliphatic rings. The number of nitrogens with zero attached hydrogens (tertiary/aromatic N) is 3. The molecule has 1 aromatic rings. The number of nitrogens with one attached hydrogen (secondary N) is 1. The Balaban J connectivity index is 1.47. The third kappa shape index (κ3) is 3.06. The second-order valence-corrected chi connectivity index (χ2v) is 10.9. The molecule has 0 saturated heterocycles. The van der Waals surface area contributed by atoms with Gasteiger partial charge < -0.3 is 0 Å². The summed E-state index contributed by atoms with van der Waals surface area (Å²) in [5.74, 6) is 0.207. The van der Waals surface area contributed by atoms with E-state index in [4.69, 9.17) is 0 Å². The second kappa shape index (κ2) is 6.62. The Kier molecular flexibility index (Phi) is 4.62. The van der Waals surface area contributed by atoms with Crippen molar-refractivity contribution in [3.05, 3.63) is 24.5 Å². The van der Waals surface area contributed by atoms with Crippen LogP contribution in [0.2, 0.25) is 0 Å². The number of aromatic nitrogens is 1. The summed E-state index contributed by atoms with van der Waals surface area (Å²) in [7, 11) is -3.75. The van der Waals surface area contributed by atoms with E-state index in [1.165, 1.54) is 29.2 Å². The van der Waals surface area contributed by atoms with Crippen molar-refractivity contribution in [3.63, 3.8) is 0 Å². The van der Waals surface area contributed by atoms with Crippen LogP contribution in [0.25, 0.3) is 0 Å². The van der Waals surface area contributed by atoms with Crippen LogP contribution in [0, 0.1) is 16.7 Å². The second-order valence-electron chi connectivity index (χ2n) is 9.06. The lowest BCUT2D eigenvalue weighted by Crippen LogP contribution is -2.41. The molecular weight excluding hydrogens is 376 g/mol. The standard InChI is InChI=1S/C20H28N4O3S/c1-19(2)14-8-9-20(19,3)17(11-14)22-23-18(25)13-24(15-6-7-15)28(26,27)16-5-4-10-21-12-16/h4-5,10,12,14-15H,6-9,11,13H2,1-3H3,(H,23,25)/b22-17-. The zero-order chi connectivity index (χ0) is 20.2. The van der Waals surface area contributed by atoms with Crippen molar-refractivity contribution in [1.82, 2.24) is 14.7 Å². The normalized spacial score (nSPS) is 30.1. The molecule has 2 atom stereocenters. The van der Waals surface area contributed by atoms with Gasteiger partial charge in [0.1, 0.15) is 4.90 Å². The Labute approximate surface area is 166 Å². The average Bonchev–Trinajstić information content (AvgIpc) is 3.44. The van der Waals surface area contributed by atoms with Gasteiger partial charge in [0.2, 0.25) is 10.0 Å². The van der Waals surface area contributed by atoms with Crippen LogP contribution in [-0.2, 0) is 14.8 Å². The highest BCUT2D eigenvalue weighted by molar-refractivity contribution is 7.89. The highest BCUT2D eigenvalue weighted by Crippen LogP contribution is 2.63. The molecule has 0 radical (unpaired) electrons. The summed E-state index contributed by atoms with van der Waals surface area (Å²) in [5.41, 5.74) is 3.86. The summed E-state index contributed by atoms with van der Waals surface area (Å²) in [5, 5.41) is 4.44.